The summed E-state index contributed by atoms with van der Waals surface area (Å²) in [7, 11) is 1.58. The smallest absolute Gasteiger partial charge is 0.271 e. The molecule has 1 heterocycles. The van der Waals surface area contributed by atoms with Crippen LogP contribution in [0.5, 0.6) is 5.75 Å². The van der Waals surface area contributed by atoms with E-state index in [1.54, 1.807) is 43.8 Å². The van der Waals surface area contributed by atoms with Crippen molar-refractivity contribution >= 4 is 12.1 Å². The molecule has 0 spiro atoms. The molecule has 0 saturated heterocycles. The number of carbonyl (C=O) groups excluding carboxylic acids is 1. The topological polar surface area (TPSA) is 79.4 Å². The van der Waals surface area contributed by atoms with Gasteiger partial charge in [-0.2, -0.15) is 10.2 Å². The molecule has 1 aromatic heterocycles. The number of benzene rings is 2. The van der Waals surface area contributed by atoms with Crippen LogP contribution in [0.15, 0.2) is 59.8 Å². The molecule has 0 bridgehead atoms. The summed E-state index contributed by atoms with van der Waals surface area (Å²) in [5, 5.41) is 11.0. The van der Waals surface area contributed by atoms with Gasteiger partial charge >= 0.3 is 0 Å². The maximum atomic E-state index is 12.1. The molecule has 0 aliphatic carbocycles. The van der Waals surface area contributed by atoms with Crippen molar-refractivity contribution in [3.05, 3.63) is 71.4 Å². The summed E-state index contributed by atoms with van der Waals surface area (Å²) in [4.78, 5) is 12.1. The Labute approximate surface area is 145 Å². The van der Waals surface area contributed by atoms with E-state index in [1.807, 2.05) is 31.2 Å². The van der Waals surface area contributed by atoms with Crippen LogP contribution in [0.25, 0.3) is 11.3 Å². The fraction of sp³-hybridized carbons (Fsp3) is 0.105. The van der Waals surface area contributed by atoms with E-state index >= 15 is 0 Å². The number of rotatable bonds is 5. The van der Waals surface area contributed by atoms with Crippen molar-refractivity contribution in [3.63, 3.8) is 0 Å². The van der Waals surface area contributed by atoms with Crippen LogP contribution in [-0.2, 0) is 0 Å². The lowest BCUT2D eigenvalue weighted by Gasteiger charge is -2.02. The molecule has 2 aromatic carbocycles. The minimum atomic E-state index is -0.292. The van der Waals surface area contributed by atoms with E-state index in [2.05, 4.69) is 20.7 Å². The molecule has 6 nitrogen and oxygen atoms in total. The van der Waals surface area contributed by atoms with Crippen LogP contribution < -0.4 is 10.2 Å². The molecule has 0 radical (unpaired) electrons. The average molecular weight is 334 g/mol. The number of H-pyrrole nitrogens is 1. The van der Waals surface area contributed by atoms with E-state index in [1.165, 1.54) is 5.56 Å². The first-order valence-electron chi connectivity index (χ1n) is 7.75. The van der Waals surface area contributed by atoms with Gasteiger partial charge in [-0.15, -0.1) is 0 Å². The first kappa shape index (κ1) is 16.4. The van der Waals surface area contributed by atoms with E-state index in [-0.39, 0.29) is 5.91 Å². The summed E-state index contributed by atoms with van der Waals surface area (Å²) in [6.07, 6.45) is 3.23. The van der Waals surface area contributed by atoms with Gasteiger partial charge < -0.3 is 4.74 Å². The van der Waals surface area contributed by atoms with Crippen LogP contribution in [0, 0.1) is 6.92 Å². The standard InChI is InChI=1S/C19H18N4O2/c1-13-3-5-14(6-4-13)18-16(11-20-22-18)12-21-23-19(24)15-7-9-17(25-2)10-8-15/h3-12H,1-2H3,(H,20,22)(H,23,24). The predicted molar refractivity (Wildman–Crippen MR) is 96.8 cm³/mol. The number of amides is 1. The molecule has 3 aromatic rings. The number of nitrogens with one attached hydrogen (secondary N) is 2. The Kier molecular flexibility index (Phi) is 4.89. The van der Waals surface area contributed by atoms with Crippen molar-refractivity contribution < 1.29 is 9.53 Å². The Morgan fingerprint density at radius 1 is 1.16 bits per heavy atom. The maximum absolute atomic E-state index is 12.1. The fourth-order valence-corrected chi connectivity index (χ4v) is 2.31. The molecule has 25 heavy (non-hydrogen) atoms. The van der Waals surface area contributed by atoms with Gasteiger partial charge in [0.1, 0.15) is 5.75 Å². The van der Waals surface area contributed by atoms with Crippen LogP contribution in [-0.4, -0.2) is 29.4 Å². The van der Waals surface area contributed by atoms with Gasteiger partial charge in [0.25, 0.3) is 5.91 Å². The Morgan fingerprint density at radius 3 is 2.56 bits per heavy atom. The molecular formula is C19H18N4O2. The van der Waals surface area contributed by atoms with Crippen LogP contribution >= 0.6 is 0 Å². The Morgan fingerprint density at radius 2 is 1.88 bits per heavy atom. The lowest BCUT2D eigenvalue weighted by atomic mass is 10.1. The number of aromatic amines is 1. The Balaban J connectivity index is 1.69. The first-order valence-corrected chi connectivity index (χ1v) is 7.75. The number of methoxy groups -OCH3 is 1. The van der Waals surface area contributed by atoms with Crippen LogP contribution in [0.2, 0.25) is 0 Å². The third kappa shape index (κ3) is 3.92. The van der Waals surface area contributed by atoms with Crippen molar-refractivity contribution in [3.8, 4) is 17.0 Å². The molecule has 0 saturated carbocycles. The first-order chi connectivity index (χ1) is 12.2. The summed E-state index contributed by atoms with van der Waals surface area (Å²) in [5.74, 6) is 0.403. The lowest BCUT2D eigenvalue weighted by molar-refractivity contribution is 0.0955. The zero-order valence-corrected chi connectivity index (χ0v) is 14.0. The zero-order valence-electron chi connectivity index (χ0n) is 14.0. The second kappa shape index (κ2) is 7.44. The third-order valence-corrected chi connectivity index (χ3v) is 3.73. The highest BCUT2D eigenvalue weighted by Gasteiger charge is 2.07. The maximum Gasteiger partial charge on any atom is 0.271 e. The fourth-order valence-electron chi connectivity index (χ4n) is 2.31. The van der Waals surface area contributed by atoms with E-state index in [0.29, 0.717) is 11.3 Å². The number of hydrogen-bond acceptors (Lipinski definition) is 4. The highest BCUT2D eigenvalue weighted by atomic mass is 16.5. The number of nitrogens with zero attached hydrogens (tertiary/aromatic N) is 2. The quantitative estimate of drug-likeness (QED) is 0.556. The molecule has 6 heteroatoms. The van der Waals surface area contributed by atoms with Crippen LogP contribution in [0.3, 0.4) is 0 Å². The Bertz CT molecular complexity index is 881. The minimum absolute atomic E-state index is 0.292. The summed E-state index contributed by atoms with van der Waals surface area (Å²) < 4.78 is 5.07. The minimum Gasteiger partial charge on any atom is -0.497 e. The molecule has 0 aliphatic heterocycles. The van der Waals surface area contributed by atoms with Gasteiger partial charge in [0.15, 0.2) is 0 Å². The summed E-state index contributed by atoms with van der Waals surface area (Å²) >= 11 is 0. The number of hydrazone groups is 1. The van der Waals surface area contributed by atoms with Crippen molar-refractivity contribution in [2.75, 3.05) is 7.11 Å². The Hall–Kier alpha value is -3.41. The average Bonchev–Trinajstić information content (AvgIpc) is 3.11. The predicted octanol–water partition coefficient (Wildman–Crippen LogP) is 3.16. The van der Waals surface area contributed by atoms with Crippen molar-refractivity contribution in [1.29, 1.82) is 0 Å². The molecule has 126 valence electrons. The second-order valence-electron chi connectivity index (χ2n) is 5.49. The number of aromatic nitrogens is 2. The highest BCUT2D eigenvalue weighted by molar-refractivity contribution is 5.95. The van der Waals surface area contributed by atoms with Gasteiger partial charge in [0, 0.05) is 16.7 Å². The molecule has 1 amide bonds. The number of carbonyl (C=O) groups is 1. The molecule has 0 unspecified atom stereocenters. The molecule has 3 rings (SSSR count). The van der Waals surface area contributed by atoms with Crippen molar-refractivity contribution in [2.45, 2.75) is 6.92 Å². The van der Waals surface area contributed by atoms with Gasteiger partial charge in [-0.25, -0.2) is 5.43 Å². The number of ether oxygens (including phenoxy) is 1. The van der Waals surface area contributed by atoms with E-state index < -0.39 is 0 Å². The van der Waals surface area contributed by atoms with Gasteiger partial charge in [-0.05, 0) is 31.2 Å². The molecule has 0 aliphatic rings. The normalized spacial score (nSPS) is 10.8. The van der Waals surface area contributed by atoms with Gasteiger partial charge in [0.05, 0.1) is 25.2 Å². The van der Waals surface area contributed by atoms with Gasteiger partial charge in [-0.3, -0.25) is 9.89 Å². The molecular weight excluding hydrogens is 316 g/mol. The number of aryl methyl sites for hydroxylation is 1. The van der Waals surface area contributed by atoms with Crippen molar-refractivity contribution in [2.24, 2.45) is 5.10 Å². The number of hydrogen-bond donors (Lipinski definition) is 2. The lowest BCUT2D eigenvalue weighted by Crippen LogP contribution is -2.17. The monoisotopic (exact) mass is 334 g/mol. The molecule has 0 atom stereocenters. The van der Waals surface area contributed by atoms with E-state index in [0.717, 1.165) is 16.8 Å². The van der Waals surface area contributed by atoms with E-state index in [4.69, 9.17) is 4.74 Å². The van der Waals surface area contributed by atoms with Crippen molar-refractivity contribution in [1.82, 2.24) is 15.6 Å². The second-order valence-corrected chi connectivity index (χ2v) is 5.49. The summed E-state index contributed by atoms with van der Waals surface area (Å²) in [6.45, 7) is 2.04. The van der Waals surface area contributed by atoms with E-state index in [9.17, 15) is 4.79 Å². The molecule has 0 fully saturated rings. The summed E-state index contributed by atoms with van der Waals surface area (Å²) in [5.41, 5.74) is 6.85. The van der Waals surface area contributed by atoms with Crippen LogP contribution in [0.1, 0.15) is 21.5 Å². The largest absolute Gasteiger partial charge is 0.497 e. The van der Waals surface area contributed by atoms with Gasteiger partial charge in [-0.1, -0.05) is 29.8 Å². The zero-order chi connectivity index (χ0) is 17.6. The summed E-state index contributed by atoms with van der Waals surface area (Å²) in [6, 6.07) is 14.9. The SMILES string of the molecule is COc1ccc(C(=O)NN=Cc2cn[nH]c2-c2ccc(C)cc2)cc1. The van der Waals surface area contributed by atoms with Crippen LogP contribution in [0.4, 0.5) is 0 Å². The third-order valence-electron chi connectivity index (χ3n) is 3.73. The highest BCUT2D eigenvalue weighted by Crippen LogP contribution is 2.20. The molecule has 2 N–H and O–H groups in total. The van der Waals surface area contributed by atoms with Gasteiger partial charge in [0.2, 0.25) is 0 Å².